The molecular formula is C27H25N3O4. The average Bonchev–Trinajstić information content (AvgIpc) is 3.44. The van der Waals surface area contributed by atoms with Crippen LogP contribution in [0.1, 0.15) is 42.0 Å². The molecule has 0 fully saturated rings. The Morgan fingerprint density at radius 2 is 1.94 bits per heavy atom. The van der Waals surface area contributed by atoms with Crippen LogP contribution in [0.3, 0.4) is 0 Å². The molecule has 34 heavy (non-hydrogen) atoms. The number of carboxylic acids is 1. The Morgan fingerprint density at radius 1 is 1.12 bits per heavy atom. The fourth-order valence-corrected chi connectivity index (χ4v) is 4.72. The zero-order valence-electron chi connectivity index (χ0n) is 18.8. The highest BCUT2D eigenvalue weighted by Gasteiger charge is 2.30. The molecule has 0 radical (unpaired) electrons. The summed E-state index contributed by atoms with van der Waals surface area (Å²) in [4.78, 5) is 13.3. The first-order valence-corrected chi connectivity index (χ1v) is 11.4. The zero-order chi connectivity index (χ0) is 23.7. The number of anilines is 3. The van der Waals surface area contributed by atoms with Crippen LogP contribution in [0.2, 0.25) is 0 Å². The summed E-state index contributed by atoms with van der Waals surface area (Å²) in [5.74, 6) is 0.662. The van der Waals surface area contributed by atoms with Crippen molar-refractivity contribution in [3.63, 3.8) is 0 Å². The molecule has 5 rings (SSSR count). The van der Waals surface area contributed by atoms with E-state index < -0.39 is 5.97 Å². The molecule has 2 aliphatic heterocycles. The third kappa shape index (κ3) is 3.99. The Balaban J connectivity index is 1.38. The number of fused-ring (bicyclic) bond motifs is 2. The Kier molecular flexibility index (Phi) is 5.72. The van der Waals surface area contributed by atoms with E-state index in [0.717, 1.165) is 46.2 Å². The van der Waals surface area contributed by atoms with E-state index in [0.29, 0.717) is 18.8 Å². The van der Waals surface area contributed by atoms with Crippen molar-refractivity contribution < 1.29 is 19.4 Å². The number of carboxylic acid groups (broad SMARTS) is 1. The maximum Gasteiger partial charge on any atom is 0.304 e. The van der Waals surface area contributed by atoms with E-state index in [-0.39, 0.29) is 18.4 Å². The molecule has 3 aromatic rings. The van der Waals surface area contributed by atoms with Crippen molar-refractivity contribution >= 4 is 23.0 Å². The Hall–Kier alpha value is -4.18. The van der Waals surface area contributed by atoms with E-state index >= 15 is 0 Å². The van der Waals surface area contributed by atoms with E-state index in [9.17, 15) is 4.79 Å². The molecule has 0 aliphatic carbocycles. The van der Waals surface area contributed by atoms with Gasteiger partial charge in [-0.3, -0.25) is 4.79 Å². The van der Waals surface area contributed by atoms with Crippen LogP contribution in [0.4, 0.5) is 17.1 Å². The van der Waals surface area contributed by atoms with Crippen molar-refractivity contribution in [2.24, 2.45) is 0 Å². The molecule has 3 aromatic carbocycles. The molecule has 0 saturated carbocycles. The third-order valence-corrected chi connectivity index (χ3v) is 6.36. The Bertz CT molecular complexity index is 1270. The maximum absolute atomic E-state index is 11.1. The standard InChI is InChI=1S/C27H25N3O4/c1-2-30(20-9-6-17(14-28)7-10-20)24-5-3-4-22-23(16-34-27(22)24)29-19-8-11-21-18(12-26(31)32)15-33-25(21)13-19/h3-11,13,18,23,29H,2,12,15-16H2,1H3,(H,31,32). The highest BCUT2D eigenvalue weighted by atomic mass is 16.5. The van der Waals surface area contributed by atoms with Crippen LogP contribution < -0.4 is 19.7 Å². The summed E-state index contributed by atoms with van der Waals surface area (Å²) in [7, 11) is 0. The molecule has 0 saturated heterocycles. The first-order valence-electron chi connectivity index (χ1n) is 11.4. The molecule has 2 aliphatic rings. The fourth-order valence-electron chi connectivity index (χ4n) is 4.72. The van der Waals surface area contributed by atoms with Crippen molar-refractivity contribution in [1.82, 2.24) is 0 Å². The minimum atomic E-state index is -0.818. The molecule has 0 amide bonds. The van der Waals surface area contributed by atoms with Crippen molar-refractivity contribution in [1.29, 1.82) is 5.26 Å². The Morgan fingerprint density at radius 3 is 2.68 bits per heavy atom. The number of nitrogens with zero attached hydrogens (tertiary/aromatic N) is 2. The summed E-state index contributed by atoms with van der Waals surface area (Å²) in [5, 5.41) is 21.8. The van der Waals surface area contributed by atoms with Gasteiger partial charge in [-0.15, -0.1) is 0 Å². The first-order chi connectivity index (χ1) is 16.6. The predicted molar refractivity (Wildman–Crippen MR) is 129 cm³/mol. The molecule has 7 heteroatoms. The summed E-state index contributed by atoms with van der Waals surface area (Å²) < 4.78 is 11.9. The molecule has 2 unspecified atom stereocenters. The van der Waals surface area contributed by atoms with E-state index in [2.05, 4.69) is 35.3 Å². The smallest absolute Gasteiger partial charge is 0.304 e. The number of hydrogen-bond acceptors (Lipinski definition) is 6. The molecule has 2 N–H and O–H groups in total. The number of rotatable bonds is 7. The van der Waals surface area contributed by atoms with Gasteiger partial charge in [-0.25, -0.2) is 0 Å². The molecule has 172 valence electrons. The molecule has 0 bridgehead atoms. The van der Waals surface area contributed by atoms with Gasteiger partial charge in [0.15, 0.2) is 0 Å². The third-order valence-electron chi connectivity index (χ3n) is 6.36. The number of para-hydroxylation sites is 1. The number of nitriles is 1. The normalized spacial score (nSPS) is 17.6. The van der Waals surface area contributed by atoms with E-state index in [1.54, 1.807) is 0 Å². The first kappa shape index (κ1) is 21.7. The van der Waals surface area contributed by atoms with Crippen molar-refractivity contribution in [3.8, 4) is 17.6 Å². The fraction of sp³-hybridized carbons (Fsp3) is 0.259. The van der Waals surface area contributed by atoms with Crippen LogP contribution in [-0.4, -0.2) is 30.8 Å². The number of nitrogens with one attached hydrogen (secondary N) is 1. The summed E-state index contributed by atoms with van der Waals surface area (Å²) in [5.41, 5.74) is 5.55. The second-order valence-corrected chi connectivity index (χ2v) is 8.46. The summed E-state index contributed by atoms with van der Waals surface area (Å²) in [6.45, 7) is 3.73. The maximum atomic E-state index is 11.1. The minimum Gasteiger partial charge on any atom is -0.493 e. The average molecular weight is 456 g/mol. The number of ether oxygens (including phenoxy) is 2. The van der Waals surface area contributed by atoms with Crippen LogP contribution in [0, 0.1) is 11.3 Å². The highest BCUT2D eigenvalue weighted by molar-refractivity contribution is 5.73. The molecule has 7 nitrogen and oxygen atoms in total. The van der Waals surface area contributed by atoms with Gasteiger partial charge in [-0.05, 0) is 43.3 Å². The van der Waals surface area contributed by atoms with Crippen LogP contribution >= 0.6 is 0 Å². The van der Waals surface area contributed by atoms with Gasteiger partial charge in [-0.1, -0.05) is 18.2 Å². The molecule has 0 spiro atoms. The number of carbonyl (C=O) groups is 1. The van der Waals surface area contributed by atoms with Gasteiger partial charge in [0.05, 0.1) is 36.4 Å². The van der Waals surface area contributed by atoms with E-state index in [4.69, 9.17) is 19.8 Å². The summed E-state index contributed by atoms with van der Waals surface area (Å²) in [6.07, 6.45) is 0.0690. The lowest BCUT2D eigenvalue weighted by atomic mass is 9.97. The molecular weight excluding hydrogens is 430 g/mol. The minimum absolute atomic E-state index is 0.0242. The largest absolute Gasteiger partial charge is 0.493 e. The van der Waals surface area contributed by atoms with E-state index in [1.807, 2.05) is 48.5 Å². The Labute approximate surface area is 198 Å². The topological polar surface area (TPSA) is 94.8 Å². The van der Waals surface area contributed by atoms with Crippen LogP contribution in [0.5, 0.6) is 11.5 Å². The zero-order valence-corrected chi connectivity index (χ0v) is 18.8. The molecule has 2 heterocycles. The van der Waals surface area contributed by atoms with Gasteiger partial charge in [0.2, 0.25) is 0 Å². The van der Waals surface area contributed by atoms with Crippen molar-refractivity contribution in [3.05, 3.63) is 77.4 Å². The monoisotopic (exact) mass is 455 g/mol. The molecule has 0 aromatic heterocycles. The lowest BCUT2D eigenvalue weighted by molar-refractivity contribution is -0.137. The van der Waals surface area contributed by atoms with Gasteiger partial charge in [0.25, 0.3) is 0 Å². The summed E-state index contributed by atoms with van der Waals surface area (Å²) in [6, 6.07) is 21.7. The van der Waals surface area contributed by atoms with Crippen molar-refractivity contribution in [2.45, 2.75) is 25.3 Å². The van der Waals surface area contributed by atoms with Crippen LogP contribution in [0.15, 0.2) is 60.7 Å². The lowest BCUT2D eigenvalue weighted by Gasteiger charge is -2.25. The van der Waals surface area contributed by atoms with Gasteiger partial charge in [-0.2, -0.15) is 5.26 Å². The van der Waals surface area contributed by atoms with E-state index in [1.165, 1.54) is 0 Å². The van der Waals surface area contributed by atoms with Crippen LogP contribution in [0.25, 0.3) is 0 Å². The second kappa shape index (κ2) is 8.99. The lowest BCUT2D eigenvalue weighted by Crippen LogP contribution is -2.16. The predicted octanol–water partition coefficient (Wildman–Crippen LogP) is 5.21. The van der Waals surface area contributed by atoms with Crippen LogP contribution in [-0.2, 0) is 4.79 Å². The summed E-state index contributed by atoms with van der Waals surface area (Å²) >= 11 is 0. The SMILES string of the molecule is CCN(c1ccc(C#N)cc1)c1cccc2c1OCC2Nc1ccc2c(c1)OCC2CC(=O)O. The van der Waals surface area contributed by atoms with Gasteiger partial charge in [0, 0.05) is 41.0 Å². The van der Waals surface area contributed by atoms with Gasteiger partial charge in [0.1, 0.15) is 18.1 Å². The highest BCUT2D eigenvalue weighted by Crippen LogP contribution is 2.44. The van der Waals surface area contributed by atoms with Crippen molar-refractivity contribution in [2.75, 3.05) is 30.0 Å². The van der Waals surface area contributed by atoms with Gasteiger partial charge >= 0.3 is 5.97 Å². The van der Waals surface area contributed by atoms with Gasteiger partial charge < -0.3 is 24.8 Å². The second-order valence-electron chi connectivity index (χ2n) is 8.46. The number of benzene rings is 3. The number of hydrogen-bond donors (Lipinski definition) is 2. The quantitative estimate of drug-likeness (QED) is 0.505. The molecule has 2 atom stereocenters. The number of aliphatic carboxylic acids is 1.